The molecule has 12 heteroatoms. The summed E-state index contributed by atoms with van der Waals surface area (Å²) in [5, 5.41) is 18.0. The topological polar surface area (TPSA) is 149 Å². The predicted octanol–water partition coefficient (Wildman–Crippen LogP) is 3.60. The molecule has 0 aliphatic carbocycles. The maximum Gasteiger partial charge on any atom is 0.273 e. The number of hydrogen-bond acceptors (Lipinski definition) is 7. The lowest BCUT2D eigenvalue weighted by atomic mass is 10.1. The van der Waals surface area contributed by atoms with Crippen LogP contribution >= 0.6 is 0 Å². The number of hydrogen-bond donors (Lipinski definition) is 2. The number of sulfonamides is 1. The van der Waals surface area contributed by atoms with E-state index in [0.29, 0.717) is 23.4 Å². The molecule has 0 spiro atoms. The molecule has 0 saturated heterocycles. The Bertz CT molecular complexity index is 1490. The predicted molar refractivity (Wildman–Crippen MR) is 129 cm³/mol. The number of anilines is 2. The van der Waals surface area contributed by atoms with Crippen molar-refractivity contribution in [2.45, 2.75) is 18.4 Å². The second-order valence-electron chi connectivity index (χ2n) is 7.64. The number of carbonyl (C=O) groups is 1. The number of benzene rings is 3. The molecular weight excluding hydrogens is 472 g/mol. The number of rotatable bonds is 8. The van der Waals surface area contributed by atoms with Gasteiger partial charge >= 0.3 is 0 Å². The molecule has 1 aromatic heterocycles. The van der Waals surface area contributed by atoms with Gasteiger partial charge in [-0.1, -0.05) is 18.2 Å². The van der Waals surface area contributed by atoms with Crippen molar-refractivity contribution in [1.29, 1.82) is 0 Å². The lowest BCUT2D eigenvalue weighted by molar-refractivity contribution is -0.385. The fourth-order valence-corrected chi connectivity index (χ4v) is 4.39. The molecule has 1 amide bonds. The van der Waals surface area contributed by atoms with Crippen LogP contribution in [0.1, 0.15) is 21.5 Å². The van der Waals surface area contributed by atoms with Gasteiger partial charge in [-0.2, -0.15) is 5.10 Å². The van der Waals surface area contributed by atoms with Crippen molar-refractivity contribution in [3.63, 3.8) is 0 Å². The second-order valence-corrected chi connectivity index (χ2v) is 9.32. The zero-order valence-electron chi connectivity index (χ0n) is 18.5. The first-order valence-corrected chi connectivity index (χ1v) is 11.8. The summed E-state index contributed by atoms with van der Waals surface area (Å²) in [5.74, 6) is -0.369. The molecule has 4 aromatic rings. The van der Waals surface area contributed by atoms with E-state index in [-0.39, 0.29) is 22.2 Å². The van der Waals surface area contributed by atoms with Gasteiger partial charge in [0.05, 0.1) is 16.4 Å². The summed E-state index contributed by atoms with van der Waals surface area (Å²) >= 11 is 0. The third-order valence-corrected chi connectivity index (χ3v) is 6.46. The Morgan fingerprint density at radius 3 is 2.51 bits per heavy atom. The molecule has 35 heavy (non-hydrogen) atoms. The van der Waals surface area contributed by atoms with Crippen LogP contribution in [-0.4, -0.2) is 34.0 Å². The molecule has 0 aliphatic rings. The third kappa shape index (κ3) is 5.68. The number of aromatic nitrogens is 3. The molecule has 2 N–H and O–H groups in total. The van der Waals surface area contributed by atoms with E-state index in [2.05, 4.69) is 20.1 Å². The maximum atomic E-state index is 12.7. The molecular formula is C23H20N6O5S. The molecule has 0 saturated carbocycles. The maximum absolute atomic E-state index is 12.7. The zero-order valence-corrected chi connectivity index (χ0v) is 19.3. The molecule has 11 nitrogen and oxygen atoms in total. The number of nitro groups is 1. The molecule has 1 heterocycles. The molecule has 178 valence electrons. The van der Waals surface area contributed by atoms with Gasteiger partial charge in [0.15, 0.2) is 0 Å². The van der Waals surface area contributed by atoms with E-state index in [1.807, 2.05) is 18.2 Å². The van der Waals surface area contributed by atoms with E-state index in [4.69, 9.17) is 0 Å². The minimum atomic E-state index is -4.06. The molecule has 3 aromatic carbocycles. The van der Waals surface area contributed by atoms with Crippen LogP contribution in [-0.2, 0) is 16.6 Å². The Labute approximate surface area is 200 Å². The van der Waals surface area contributed by atoms with Gasteiger partial charge in [0.25, 0.3) is 21.6 Å². The van der Waals surface area contributed by atoms with Crippen molar-refractivity contribution in [1.82, 2.24) is 14.8 Å². The highest BCUT2D eigenvalue weighted by Crippen LogP contribution is 2.24. The Morgan fingerprint density at radius 2 is 1.83 bits per heavy atom. The van der Waals surface area contributed by atoms with Crippen LogP contribution in [0, 0.1) is 17.0 Å². The summed E-state index contributed by atoms with van der Waals surface area (Å²) in [6.45, 7) is 2.03. The van der Waals surface area contributed by atoms with Crippen LogP contribution in [0.5, 0.6) is 0 Å². The fraction of sp³-hybridized carbons (Fsp3) is 0.0870. The van der Waals surface area contributed by atoms with E-state index in [0.717, 1.165) is 11.6 Å². The minimum absolute atomic E-state index is 0.208. The lowest BCUT2D eigenvalue weighted by Gasteiger charge is -2.10. The Balaban J connectivity index is 1.44. The summed E-state index contributed by atoms with van der Waals surface area (Å²) in [6.07, 6.45) is 3.04. The molecule has 0 fully saturated rings. The Kier molecular flexibility index (Phi) is 6.55. The number of nitrogens with one attached hydrogen (secondary N) is 2. The van der Waals surface area contributed by atoms with Gasteiger partial charge in [0.2, 0.25) is 0 Å². The summed E-state index contributed by atoms with van der Waals surface area (Å²) in [7, 11) is -4.06. The van der Waals surface area contributed by atoms with Crippen molar-refractivity contribution in [3.8, 4) is 0 Å². The van der Waals surface area contributed by atoms with Crippen molar-refractivity contribution in [2.24, 2.45) is 0 Å². The minimum Gasteiger partial charge on any atom is -0.322 e. The summed E-state index contributed by atoms with van der Waals surface area (Å²) < 4.78 is 29.4. The highest BCUT2D eigenvalue weighted by Gasteiger charge is 2.20. The first kappa shape index (κ1) is 23.6. The molecule has 0 aliphatic heterocycles. The number of nitrogens with zero attached hydrogens (tertiary/aromatic N) is 4. The highest BCUT2D eigenvalue weighted by atomic mass is 32.2. The average molecular weight is 493 g/mol. The van der Waals surface area contributed by atoms with E-state index in [1.165, 1.54) is 49.6 Å². The Hall–Kier alpha value is -4.58. The van der Waals surface area contributed by atoms with Gasteiger partial charge in [-0.25, -0.2) is 18.1 Å². The van der Waals surface area contributed by atoms with Crippen LogP contribution in [0.2, 0.25) is 0 Å². The van der Waals surface area contributed by atoms with Crippen molar-refractivity contribution >= 4 is 33.0 Å². The smallest absolute Gasteiger partial charge is 0.273 e. The van der Waals surface area contributed by atoms with Gasteiger partial charge in [0, 0.05) is 28.6 Å². The van der Waals surface area contributed by atoms with Gasteiger partial charge in [-0.05, 0) is 55.0 Å². The number of amides is 1. The quantitative estimate of drug-likeness (QED) is 0.282. The largest absolute Gasteiger partial charge is 0.322 e. The Morgan fingerprint density at radius 1 is 1.06 bits per heavy atom. The first-order valence-electron chi connectivity index (χ1n) is 10.3. The number of nitro benzene ring substituents is 1. The van der Waals surface area contributed by atoms with Crippen molar-refractivity contribution in [2.75, 3.05) is 10.0 Å². The second kappa shape index (κ2) is 9.73. The summed E-state index contributed by atoms with van der Waals surface area (Å²) in [6, 6.07) is 16.8. The van der Waals surface area contributed by atoms with Crippen molar-refractivity contribution in [3.05, 3.63) is 106 Å². The van der Waals surface area contributed by atoms with E-state index in [1.54, 1.807) is 17.1 Å². The molecule has 0 radical (unpaired) electrons. The normalized spacial score (nSPS) is 11.1. The molecule has 0 unspecified atom stereocenters. The van der Waals surface area contributed by atoms with Crippen molar-refractivity contribution < 1.29 is 18.1 Å². The van der Waals surface area contributed by atoms with Gasteiger partial charge < -0.3 is 5.32 Å². The van der Waals surface area contributed by atoms with Crippen LogP contribution < -0.4 is 10.0 Å². The monoisotopic (exact) mass is 492 g/mol. The van der Waals surface area contributed by atoms with Crippen LogP contribution in [0.4, 0.5) is 17.1 Å². The average Bonchev–Trinajstić information content (AvgIpc) is 3.32. The van der Waals surface area contributed by atoms with Crippen LogP contribution in [0.3, 0.4) is 0 Å². The number of aryl methyl sites for hydroxylation is 1. The van der Waals surface area contributed by atoms with Gasteiger partial charge in [-0.3, -0.25) is 19.6 Å². The highest BCUT2D eigenvalue weighted by molar-refractivity contribution is 7.92. The molecule has 4 rings (SSSR count). The SMILES string of the molecule is Cc1ccc(S(=O)(=O)Nc2ccc(C(=O)Nc3cccc(Cn4cncn4)c3)cc2)cc1[N+](=O)[O-]. The lowest BCUT2D eigenvalue weighted by Crippen LogP contribution is -2.14. The van der Waals surface area contributed by atoms with Gasteiger partial charge in [-0.15, -0.1) is 0 Å². The zero-order chi connectivity index (χ0) is 25.0. The van der Waals surface area contributed by atoms with E-state index >= 15 is 0 Å². The first-order chi connectivity index (χ1) is 16.7. The molecule has 0 bridgehead atoms. The van der Waals surface area contributed by atoms with Gasteiger partial charge in [0.1, 0.15) is 12.7 Å². The molecule has 0 atom stereocenters. The number of carbonyl (C=O) groups excluding carboxylic acids is 1. The van der Waals surface area contributed by atoms with E-state index in [9.17, 15) is 23.3 Å². The van der Waals surface area contributed by atoms with Crippen LogP contribution in [0.15, 0.2) is 84.3 Å². The fourth-order valence-electron chi connectivity index (χ4n) is 3.31. The van der Waals surface area contributed by atoms with E-state index < -0.39 is 14.9 Å². The third-order valence-electron chi connectivity index (χ3n) is 5.08. The van der Waals surface area contributed by atoms with Crippen LogP contribution in [0.25, 0.3) is 0 Å². The standard InChI is InChI=1S/C23H20N6O5S/c1-16-5-10-21(12-22(16)29(31)32)35(33,34)27-19-8-6-18(7-9-19)23(30)26-20-4-2-3-17(11-20)13-28-15-24-14-25-28/h2-12,14-15,27H,13H2,1H3,(H,26,30). The summed E-state index contributed by atoms with van der Waals surface area (Å²) in [5.41, 5.74) is 2.12. The summed E-state index contributed by atoms with van der Waals surface area (Å²) in [4.78, 5) is 26.8.